The number of aromatic nitrogens is 1. The van der Waals surface area contributed by atoms with Crippen molar-refractivity contribution in [3.05, 3.63) is 30.1 Å². The third-order valence-corrected chi connectivity index (χ3v) is 1.56. The van der Waals surface area contributed by atoms with Gasteiger partial charge in [0.1, 0.15) is 0 Å². The summed E-state index contributed by atoms with van der Waals surface area (Å²) in [5.74, 6) is 0. The lowest BCUT2D eigenvalue weighted by Gasteiger charge is -2.10. The Morgan fingerprint density at radius 1 is 1.50 bits per heavy atom. The summed E-state index contributed by atoms with van der Waals surface area (Å²) in [6, 6.07) is 1.98. The van der Waals surface area contributed by atoms with Crippen LogP contribution in [0.4, 0.5) is 5.69 Å². The molecule has 0 amide bonds. The van der Waals surface area contributed by atoms with E-state index in [0.29, 0.717) is 0 Å². The maximum absolute atomic E-state index is 4.01. The molecule has 2 heterocycles. The second-order valence-electron chi connectivity index (χ2n) is 2.25. The second kappa shape index (κ2) is 2.14. The smallest absolute Gasteiger partial charge is 0.0447 e. The van der Waals surface area contributed by atoms with Crippen LogP contribution in [-0.2, 0) is 0 Å². The van der Waals surface area contributed by atoms with Gasteiger partial charge in [-0.15, -0.1) is 0 Å². The normalized spacial score (nSPS) is 14.0. The Balaban J connectivity index is 2.54. The van der Waals surface area contributed by atoms with Crippen LogP contribution in [0.2, 0.25) is 0 Å². The summed E-state index contributed by atoms with van der Waals surface area (Å²) in [5.41, 5.74) is 2.35. The number of nitrogens with one attached hydrogen (secondary N) is 1. The van der Waals surface area contributed by atoms with Gasteiger partial charge in [0.05, 0.1) is 0 Å². The first-order valence-electron chi connectivity index (χ1n) is 3.31. The van der Waals surface area contributed by atoms with Crippen molar-refractivity contribution in [3.8, 4) is 0 Å². The van der Waals surface area contributed by atoms with Crippen molar-refractivity contribution < 1.29 is 0 Å². The van der Waals surface area contributed by atoms with Crippen molar-refractivity contribution in [2.24, 2.45) is 0 Å². The first-order valence-corrected chi connectivity index (χ1v) is 3.31. The Labute approximate surface area is 59.6 Å². The Kier molecular flexibility index (Phi) is 1.17. The lowest BCUT2D eigenvalue weighted by molar-refractivity contribution is 1.25. The summed E-state index contributed by atoms with van der Waals surface area (Å²) >= 11 is 0. The maximum Gasteiger partial charge on any atom is 0.0447 e. The van der Waals surface area contributed by atoms with E-state index >= 15 is 0 Å². The van der Waals surface area contributed by atoms with Crippen molar-refractivity contribution >= 4 is 11.8 Å². The quantitative estimate of drug-likeness (QED) is 0.579. The molecule has 1 aliphatic heterocycles. The van der Waals surface area contributed by atoms with Crippen LogP contribution in [0.15, 0.2) is 24.5 Å². The van der Waals surface area contributed by atoms with Gasteiger partial charge in [-0.1, -0.05) is 12.2 Å². The Morgan fingerprint density at radius 2 is 2.50 bits per heavy atom. The van der Waals surface area contributed by atoms with Crippen LogP contribution < -0.4 is 5.32 Å². The fourth-order valence-corrected chi connectivity index (χ4v) is 1.06. The number of hydrogen-bond acceptors (Lipinski definition) is 2. The highest BCUT2D eigenvalue weighted by molar-refractivity contribution is 5.68. The molecule has 0 saturated carbocycles. The summed E-state index contributed by atoms with van der Waals surface area (Å²) in [6.45, 7) is 0.928. The molecule has 50 valence electrons. The third kappa shape index (κ3) is 0.778. The highest BCUT2D eigenvalue weighted by Crippen LogP contribution is 2.17. The Bertz CT molecular complexity index is 266. The topological polar surface area (TPSA) is 24.9 Å². The Hall–Kier alpha value is -1.31. The second-order valence-corrected chi connectivity index (χ2v) is 2.25. The predicted octanol–water partition coefficient (Wildman–Crippen LogP) is 1.52. The fraction of sp³-hybridized carbons (Fsp3) is 0.125. The van der Waals surface area contributed by atoms with E-state index in [1.54, 1.807) is 6.20 Å². The summed E-state index contributed by atoms with van der Waals surface area (Å²) < 4.78 is 0. The van der Waals surface area contributed by atoms with Gasteiger partial charge in [-0.25, -0.2) is 0 Å². The third-order valence-electron chi connectivity index (χ3n) is 1.56. The van der Waals surface area contributed by atoms with Gasteiger partial charge in [0, 0.05) is 30.2 Å². The molecule has 1 aliphatic rings. The lowest BCUT2D eigenvalue weighted by Crippen LogP contribution is -2.03. The zero-order chi connectivity index (χ0) is 6.81. The van der Waals surface area contributed by atoms with Gasteiger partial charge in [-0.2, -0.15) is 0 Å². The van der Waals surface area contributed by atoms with E-state index in [2.05, 4.69) is 22.5 Å². The number of nitrogens with zero attached hydrogens (tertiary/aromatic N) is 1. The highest BCUT2D eigenvalue weighted by Gasteiger charge is 1.99. The number of fused-ring (bicyclic) bond motifs is 1. The monoisotopic (exact) mass is 132 g/mol. The predicted molar refractivity (Wildman–Crippen MR) is 41.8 cm³/mol. The highest BCUT2D eigenvalue weighted by atomic mass is 14.9. The first-order chi connectivity index (χ1) is 4.97. The van der Waals surface area contributed by atoms with E-state index in [-0.39, 0.29) is 0 Å². The van der Waals surface area contributed by atoms with E-state index < -0.39 is 0 Å². The summed E-state index contributed by atoms with van der Waals surface area (Å²) in [6.07, 6.45) is 7.83. The molecule has 0 spiro atoms. The summed E-state index contributed by atoms with van der Waals surface area (Å²) in [5, 5.41) is 3.24. The van der Waals surface area contributed by atoms with Crippen molar-refractivity contribution in [2.75, 3.05) is 11.9 Å². The van der Waals surface area contributed by atoms with Gasteiger partial charge in [0.2, 0.25) is 0 Å². The van der Waals surface area contributed by atoms with Crippen LogP contribution in [0.25, 0.3) is 6.08 Å². The number of anilines is 1. The van der Waals surface area contributed by atoms with Crippen LogP contribution in [-0.4, -0.2) is 11.5 Å². The van der Waals surface area contributed by atoms with Crippen molar-refractivity contribution in [3.63, 3.8) is 0 Å². The van der Waals surface area contributed by atoms with Crippen molar-refractivity contribution in [2.45, 2.75) is 0 Å². The van der Waals surface area contributed by atoms with Crippen LogP contribution in [0.1, 0.15) is 5.56 Å². The van der Waals surface area contributed by atoms with Gasteiger partial charge in [-0.05, 0) is 6.07 Å². The van der Waals surface area contributed by atoms with E-state index in [4.69, 9.17) is 0 Å². The summed E-state index contributed by atoms with van der Waals surface area (Å²) in [7, 11) is 0. The largest absolute Gasteiger partial charge is 0.381 e. The van der Waals surface area contributed by atoms with Gasteiger partial charge in [0.15, 0.2) is 0 Å². The van der Waals surface area contributed by atoms with Gasteiger partial charge < -0.3 is 5.32 Å². The minimum Gasteiger partial charge on any atom is -0.381 e. The zero-order valence-electron chi connectivity index (χ0n) is 5.54. The minimum absolute atomic E-state index is 0.928. The number of rotatable bonds is 0. The first kappa shape index (κ1) is 5.47. The standard InChI is InChI=1S/C8H8N2/c1-2-7-6-9-5-3-8(7)10-4-1/h1-3,5-6,10H,4H2. The summed E-state index contributed by atoms with van der Waals surface area (Å²) in [4.78, 5) is 4.01. The van der Waals surface area contributed by atoms with E-state index in [0.717, 1.165) is 6.54 Å². The van der Waals surface area contributed by atoms with Crippen LogP contribution in [0, 0.1) is 0 Å². The molecule has 1 aromatic heterocycles. The van der Waals surface area contributed by atoms with Gasteiger partial charge >= 0.3 is 0 Å². The molecule has 1 N–H and O–H groups in total. The molecule has 2 nitrogen and oxygen atoms in total. The van der Waals surface area contributed by atoms with Gasteiger partial charge in [-0.3, -0.25) is 4.98 Å². The molecule has 0 aromatic carbocycles. The maximum atomic E-state index is 4.01. The van der Waals surface area contributed by atoms with E-state index in [1.807, 2.05) is 12.3 Å². The molecule has 0 bridgehead atoms. The Morgan fingerprint density at radius 3 is 3.40 bits per heavy atom. The van der Waals surface area contributed by atoms with Crippen LogP contribution in [0.3, 0.4) is 0 Å². The van der Waals surface area contributed by atoms with Crippen LogP contribution >= 0.6 is 0 Å². The molecule has 10 heavy (non-hydrogen) atoms. The van der Waals surface area contributed by atoms with E-state index in [1.165, 1.54) is 11.3 Å². The molecule has 0 aliphatic carbocycles. The van der Waals surface area contributed by atoms with Gasteiger partial charge in [0.25, 0.3) is 0 Å². The SMILES string of the molecule is C1=Cc2cnccc2NC1. The van der Waals surface area contributed by atoms with Crippen molar-refractivity contribution in [1.29, 1.82) is 0 Å². The molecule has 0 radical (unpaired) electrons. The van der Waals surface area contributed by atoms with Crippen LogP contribution in [0.5, 0.6) is 0 Å². The zero-order valence-corrected chi connectivity index (χ0v) is 5.54. The molecule has 0 saturated heterocycles. The fourth-order valence-electron chi connectivity index (χ4n) is 1.06. The molecular formula is C8H8N2. The molecular weight excluding hydrogens is 124 g/mol. The average Bonchev–Trinajstić information content (AvgIpc) is 2.05. The molecule has 0 atom stereocenters. The number of pyridine rings is 1. The minimum atomic E-state index is 0.928. The lowest BCUT2D eigenvalue weighted by atomic mass is 10.2. The molecule has 2 heteroatoms. The molecule has 0 fully saturated rings. The molecule has 2 rings (SSSR count). The molecule has 0 unspecified atom stereocenters. The number of hydrogen-bond donors (Lipinski definition) is 1. The van der Waals surface area contributed by atoms with Crippen molar-refractivity contribution in [1.82, 2.24) is 4.98 Å². The molecule has 1 aromatic rings. The van der Waals surface area contributed by atoms with E-state index in [9.17, 15) is 0 Å². The average molecular weight is 132 g/mol.